The highest BCUT2D eigenvalue weighted by molar-refractivity contribution is 5.81. The van der Waals surface area contributed by atoms with Crippen molar-refractivity contribution in [2.45, 2.75) is 25.1 Å². The van der Waals surface area contributed by atoms with Crippen LogP contribution in [0.2, 0.25) is 0 Å². The SMILES string of the molecule is CN(CCCC(O)c1cccnc1)C(=O)C(F)(F)F. The van der Waals surface area contributed by atoms with E-state index in [-0.39, 0.29) is 19.4 Å². The van der Waals surface area contributed by atoms with Crippen molar-refractivity contribution in [3.05, 3.63) is 30.1 Å². The Morgan fingerprint density at radius 1 is 1.53 bits per heavy atom. The molecule has 0 bridgehead atoms. The Morgan fingerprint density at radius 3 is 2.74 bits per heavy atom. The largest absolute Gasteiger partial charge is 0.471 e. The number of hydrogen-bond donors (Lipinski definition) is 1. The zero-order chi connectivity index (χ0) is 14.5. The number of halogens is 3. The van der Waals surface area contributed by atoms with Crippen molar-refractivity contribution in [3.8, 4) is 0 Å². The monoisotopic (exact) mass is 276 g/mol. The minimum absolute atomic E-state index is 0.0599. The van der Waals surface area contributed by atoms with Crippen LogP contribution >= 0.6 is 0 Å². The smallest absolute Gasteiger partial charge is 0.388 e. The maximum Gasteiger partial charge on any atom is 0.471 e. The molecule has 1 heterocycles. The maximum atomic E-state index is 12.1. The molecule has 19 heavy (non-hydrogen) atoms. The Morgan fingerprint density at radius 2 is 2.21 bits per heavy atom. The van der Waals surface area contributed by atoms with E-state index >= 15 is 0 Å². The molecule has 1 atom stereocenters. The van der Waals surface area contributed by atoms with Gasteiger partial charge in [0, 0.05) is 26.0 Å². The van der Waals surface area contributed by atoms with E-state index in [0.717, 1.165) is 7.05 Å². The van der Waals surface area contributed by atoms with Crippen LogP contribution in [0.15, 0.2) is 24.5 Å². The molecule has 0 aliphatic carbocycles. The first-order valence-corrected chi connectivity index (χ1v) is 5.72. The zero-order valence-corrected chi connectivity index (χ0v) is 10.4. The number of hydrogen-bond acceptors (Lipinski definition) is 3. The second-order valence-corrected chi connectivity index (χ2v) is 4.17. The van der Waals surface area contributed by atoms with E-state index in [4.69, 9.17) is 0 Å². The molecule has 0 spiro atoms. The number of carbonyl (C=O) groups excluding carboxylic acids is 1. The van der Waals surface area contributed by atoms with Crippen molar-refractivity contribution in [1.29, 1.82) is 0 Å². The summed E-state index contributed by atoms with van der Waals surface area (Å²) in [6.07, 6.45) is -2.05. The van der Waals surface area contributed by atoms with E-state index in [9.17, 15) is 23.1 Å². The van der Waals surface area contributed by atoms with Gasteiger partial charge < -0.3 is 10.0 Å². The highest BCUT2D eigenvalue weighted by Gasteiger charge is 2.40. The Kier molecular flexibility index (Phi) is 5.29. The number of nitrogens with zero attached hydrogens (tertiary/aromatic N) is 2. The van der Waals surface area contributed by atoms with Crippen LogP contribution in [0.5, 0.6) is 0 Å². The van der Waals surface area contributed by atoms with Gasteiger partial charge in [-0.3, -0.25) is 9.78 Å². The molecule has 0 aliphatic heterocycles. The third-order valence-corrected chi connectivity index (χ3v) is 2.63. The van der Waals surface area contributed by atoms with Gasteiger partial charge in [0.25, 0.3) is 0 Å². The molecule has 0 saturated heterocycles. The molecule has 0 fully saturated rings. The van der Waals surface area contributed by atoms with Gasteiger partial charge in [-0.05, 0) is 24.5 Å². The molecule has 1 N–H and O–H groups in total. The maximum absolute atomic E-state index is 12.1. The fraction of sp³-hybridized carbons (Fsp3) is 0.500. The number of alkyl halides is 3. The number of aliphatic hydroxyl groups is 1. The molecule has 4 nitrogen and oxygen atoms in total. The van der Waals surface area contributed by atoms with Gasteiger partial charge in [-0.2, -0.15) is 13.2 Å². The fourth-order valence-electron chi connectivity index (χ4n) is 1.58. The van der Waals surface area contributed by atoms with Crippen molar-refractivity contribution in [2.75, 3.05) is 13.6 Å². The lowest BCUT2D eigenvalue weighted by Gasteiger charge is -2.19. The van der Waals surface area contributed by atoms with E-state index in [1.807, 2.05) is 0 Å². The molecule has 106 valence electrons. The van der Waals surface area contributed by atoms with Crippen molar-refractivity contribution in [3.63, 3.8) is 0 Å². The molecule has 1 unspecified atom stereocenters. The average molecular weight is 276 g/mol. The summed E-state index contributed by atoms with van der Waals surface area (Å²) < 4.78 is 36.3. The third-order valence-electron chi connectivity index (χ3n) is 2.63. The van der Waals surface area contributed by atoms with Crippen LogP contribution in [0.25, 0.3) is 0 Å². The Bertz CT molecular complexity index is 409. The van der Waals surface area contributed by atoms with Crippen LogP contribution in [0, 0.1) is 0 Å². The number of amides is 1. The zero-order valence-electron chi connectivity index (χ0n) is 10.4. The fourth-order valence-corrected chi connectivity index (χ4v) is 1.58. The second kappa shape index (κ2) is 6.51. The van der Waals surface area contributed by atoms with Gasteiger partial charge >= 0.3 is 12.1 Å². The van der Waals surface area contributed by atoms with Crippen molar-refractivity contribution in [2.24, 2.45) is 0 Å². The molecule has 1 aromatic heterocycles. The van der Waals surface area contributed by atoms with Gasteiger partial charge in [0.15, 0.2) is 0 Å². The number of rotatable bonds is 5. The molecule has 1 aromatic rings. The molecule has 0 aromatic carbocycles. The van der Waals surface area contributed by atoms with Crippen LogP contribution in [0.4, 0.5) is 13.2 Å². The van der Waals surface area contributed by atoms with Crippen LogP contribution in [-0.4, -0.2) is 40.7 Å². The van der Waals surface area contributed by atoms with Crippen molar-refractivity contribution < 1.29 is 23.1 Å². The van der Waals surface area contributed by atoms with Gasteiger partial charge in [-0.15, -0.1) is 0 Å². The molecule has 0 aliphatic rings. The summed E-state index contributed by atoms with van der Waals surface area (Å²) in [4.78, 5) is 15.3. The van der Waals surface area contributed by atoms with Crippen LogP contribution < -0.4 is 0 Å². The molecular formula is C12H15F3N2O2. The number of aromatic nitrogens is 1. The molecule has 1 rings (SSSR count). The van der Waals surface area contributed by atoms with Crippen molar-refractivity contribution in [1.82, 2.24) is 9.88 Å². The lowest BCUT2D eigenvalue weighted by Crippen LogP contribution is -2.39. The third kappa shape index (κ3) is 4.86. The molecule has 1 amide bonds. The summed E-state index contributed by atoms with van der Waals surface area (Å²) in [6.45, 7) is -0.0599. The average Bonchev–Trinajstić information content (AvgIpc) is 2.37. The first kappa shape index (κ1) is 15.4. The van der Waals surface area contributed by atoms with E-state index in [0.29, 0.717) is 10.5 Å². The van der Waals surface area contributed by atoms with Gasteiger partial charge in [-0.1, -0.05) is 6.07 Å². The predicted molar refractivity (Wildman–Crippen MR) is 62.1 cm³/mol. The number of pyridine rings is 1. The molecule has 7 heteroatoms. The minimum Gasteiger partial charge on any atom is -0.388 e. The van der Waals surface area contributed by atoms with Gasteiger partial charge in [0.2, 0.25) is 0 Å². The summed E-state index contributed by atoms with van der Waals surface area (Å²) in [5.74, 6) is -1.87. The van der Waals surface area contributed by atoms with Gasteiger partial charge in [-0.25, -0.2) is 0 Å². The summed E-state index contributed by atoms with van der Waals surface area (Å²) >= 11 is 0. The lowest BCUT2D eigenvalue weighted by molar-refractivity contribution is -0.184. The highest BCUT2D eigenvalue weighted by Crippen LogP contribution is 2.20. The first-order valence-electron chi connectivity index (χ1n) is 5.72. The second-order valence-electron chi connectivity index (χ2n) is 4.17. The predicted octanol–water partition coefficient (Wildman–Crippen LogP) is 1.92. The van der Waals surface area contributed by atoms with Gasteiger partial charge in [0.1, 0.15) is 0 Å². The quantitative estimate of drug-likeness (QED) is 0.894. The van der Waals surface area contributed by atoms with Crippen LogP contribution in [0.1, 0.15) is 24.5 Å². The Balaban J connectivity index is 2.37. The van der Waals surface area contributed by atoms with E-state index in [1.165, 1.54) is 6.20 Å². The van der Waals surface area contributed by atoms with Gasteiger partial charge in [0.05, 0.1) is 6.10 Å². The van der Waals surface area contributed by atoms with E-state index in [2.05, 4.69) is 4.98 Å². The summed E-state index contributed by atoms with van der Waals surface area (Å²) in [6, 6.07) is 3.35. The number of carbonyl (C=O) groups is 1. The standard InChI is InChI=1S/C12H15F3N2O2/c1-17(11(19)12(13,14)15)7-3-5-10(18)9-4-2-6-16-8-9/h2,4,6,8,10,18H,3,5,7H2,1H3. The minimum atomic E-state index is -4.85. The lowest BCUT2D eigenvalue weighted by atomic mass is 10.1. The molecule has 0 saturated carbocycles. The molecular weight excluding hydrogens is 261 g/mol. The summed E-state index contributed by atoms with van der Waals surface area (Å²) in [5, 5.41) is 9.77. The van der Waals surface area contributed by atoms with E-state index < -0.39 is 18.2 Å². The van der Waals surface area contributed by atoms with Crippen LogP contribution in [0.3, 0.4) is 0 Å². The summed E-state index contributed by atoms with van der Waals surface area (Å²) in [5.41, 5.74) is 0.604. The van der Waals surface area contributed by atoms with Crippen LogP contribution in [-0.2, 0) is 4.79 Å². The van der Waals surface area contributed by atoms with E-state index in [1.54, 1.807) is 18.3 Å². The van der Waals surface area contributed by atoms with Crippen molar-refractivity contribution >= 4 is 5.91 Å². The highest BCUT2D eigenvalue weighted by atomic mass is 19.4. The Hall–Kier alpha value is -1.63. The normalized spacial score (nSPS) is 13.1. The first-order chi connectivity index (χ1) is 8.82. The summed E-state index contributed by atoms with van der Waals surface area (Å²) in [7, 11) is 1.09. The molecule has 0 radical (unpaired) electrons. The topological polar surface area (TPSA) is 53.4 Å². The number of aliphatic hydroxyl groups excluding tert-OH is 1. The Labute approximate surface area is 108 Å².